The maximum atomic E-state index is 13.1. The van der Waals surface area contributed by atoms with Gasteiger partial charge in [-0.1, -0.05) is 318 Å². The summed E-state index contributed by atoms with van der Waals surface area (Å²) >= 11 is 0. The third-order valence-corrected chi connectivity index (χ3v) is 19.5. The predicted molar refractivity (Wildman–Crippen MR) is 372 cm³/mol. The van der Waals surface area contributed by atoms with Crippen molar-refractivity contribution in [1.82, 2.24) is 0 Å². The van der Waals surface area contributed by atoms with Gasteiger partial charge in [0.2, 0.25) is 0 Å². The summed E-state index contributed by atoms with van der Waals surface area (Å²) in [5, 5.41) is 10.6. The summed E-state index contributed by atoms with van der Waals surface area (Å²) in [6.07, 6.45) is 48.5. The highest BCUT2D eigenvalue weighted by Crippen LogP contribution is 2.45. The molecule has 0 saturated heterocycles. The second-order valence-electron chi connectivity index (χ2n) is 27.3. The number of phosphoric ester groups is 2. The highest BCUT2D eigenvalue weighted by atomic mass is 31.2. The quantitative estimate of drug-likeness (QED) is 0.0222. The zero-order valence-corrected chi connectivity index (χ0v) is 61.8. The van der Waals surface area contributed by atoms with Crippen molar-refractivity contribution in [2.45, 2.75) is 388 Å². The fourth-order valence-corrected chi connectivity index (χ4v) is 12.6. The van der Waals surface area contributed by atoms with Crippen molar-refractivity contribution < 1.29 is 80.2 Å². The van der Waals surface area contributed by atoms with Gasteiger partial charge in [-0.15, -0.1) is 0 Å². The third-order valence-electron chi connectivity index (χ3n) is 17.6. The highest BCUT2D eigenvalue weighted by molar-refractivity contribution is 7.47. The monoisotopic (exact) mass is 1350 g/mol. The number of hydrogen-bond acceptors (Lipinski definition) is 15. The Bertz CT molecular complexity index is 1810. The minimum absolute atomic E-state index is 0.106. The molecule has 0 aromatic rings. The molecular weight excluding hydrogens is 1210 g/mol. The fourth-order valence-electron chi connectivity index (χ4n) is 11.0. The summed E-state index contributed by atoms with van der Waals surface area (Å²) in [4.78, 5) is 72.7. The summed E-state index contributed by atoms with van der Waals surface area (Å²) in [7, 11) is -9.91. The largest absolute Gasteiger partial charge is 0.472 e. The molecule has 0 radical (unpaired) electrons. The number of carbonyl (C=O) groups excluding carboxylic acids is 4. The normalized spacial score (nSPS) is 14.7. The number of ether oxygens (including phenoxy) is 4. The van der Waals surface area contributed by atoms with Crippen LogP contribution in [0.3, 0.4) is 0 Å². The van der Waals surface area contributed by atoms with Gasteiger partial charge in [-0.05, 0) is 43.4 Å². The van der Waals surface area contributed by atoms with Gasteiger partial charge in [0.25, 0.3) is 0 Å². The molecule has 0 aromatic heterocycles. The summed E-state index contributed by atoms with van der Waals surface area (Å²) in [6.45, 7) is 11.9. The topological polar surface area (TPSA) is 237 Å². The first-order valence-electron chi connectivity index (χ1n) is 37.9. The van der Waals surface area contributed by atoms with Crippen LogP contribution in [0.2, 0.25) is 0 Å². The highest BCUT2D eigenvalue weighted by Gasteiger charge is 2.30. The van der Waals surface area contributed by atoms with Crippen LogP contribution < -0.4 is 0 Å². The SMILES string of the molecule is CCCCCCCCCCCCCCC(=O)O[C@H](COC(=O)CCCCCCCCC(C)CC)COP(=O)(O)OC[C@H](O)COP(=O)(O)OC[C@@H](COC(=O)CCCCCCCCCCC(C)CC)OC(=O)CCCCCCCCCCCCCCCCCC(C)C. The Morgan fingerprint density at radius 2 is 0.554 bits per heavy atom. The number of unbranched alkanes of at least 4 members (excludes halogenated alkanes) is 37. The lowest BCUT2D eigenvalue weighted by Crippen LogP contribution is -2.30. The lowest BCUT2D eigenvalue weighted by atomic mass is 9.99. The lowest BCUT2D eigenvalue weighted by Gasteiger charge is -2.21. The van der Waals surface area contributed by atoms with E-state index in [1.54, 1.807) is 0 Å². The molecular formula is C73H142O17P2. The molecule has 3 N–H and O–H groups in total. The number of aliphatic hydroxyl groups is 1. The number of carbonyl (C=O) groups is 4. The first-order chi connectivity index (χ1) is 44.3. The van der Waals surface area contributed by atoms with Gasteiger partial charge in [0.1, 0.15) is 19.3 Å². The molecule has 546 valence electrons. The van der Waals surface area contributed by atoms with Crippen LogP contribution in [0, 0.1) is 17.8 Å². The molecule has 0 amide bonds. The molecule has 17 nitrogen and oxygen atoms in total. The van der Waals surface area contributed by atoms with Gasteiger partial charge in [-0.3, -0.25) is 37.3 Å². The van der Waals surface area contributed by atoms with E-state index in [1.165, 1.54) is 173 Å². The van der Waals surface area contributed by atoms with E-state index in [2.05, 4.69) is 48.5 Å². The van der Waals surface area contributed by atoms with Gasteiger partial charge in [-0.25, -0.2) is 9.13 Å². The Morgan fingerprint density at radius 1 is 0.315 bits per heavy atom. The lowest BCUT2D eigenvalue weighted by molar-refractivity contribution is -0.161. The molecule has 0 rings (SSSR count). The van der Waals surface area contributed by atoms with Crippen LogP contribution in [-0.2, 0) is 65.4 Å². The van der Waals surface area contributed by atoms with Crippen molar-refractivity contribution in [2.75, 3.05) is 39.6 Å². The second kappa shape index (κ2) is 63.8. The van der Waals surface area contributed by atoms with E-state index in [0.29, 0.717) is 25.7 Å². The molecule has 0 spiro atoms. The van der Waals surface area contributed by atoms with Crippen molar-refractivity contribution in [3.63, 3.8) is 0 Å². The molecule has 92 heavy (non-hydrogen) atoms. The number of esters is 4. The summed E-state index contributed by atoms with van der Waals surface area (Å²) < 4.78 is 68.4. The van der Waals surface area contributed by atoms with Gasteiger partial charge in [-0.2, -0.15) is 0 Å². The molecule has 7 atom stereocenters. The van der Waals surface area contributed by atoms with Crippen LogP contribution in [0.25, 0.3) is 0 Å². The Balaban J connectivity index is 5.24. The molecule has 0 aliphatic carbocycles. The van der Waals surface area contributed by atoms with Crippen molar-refractivity contribution >= 4 is 39.5 Å². The smallest absolute Gasteiger partial charge is 0.462 e. The zero-order chi connectivity index (χ0) is 68.0. The average Bonchev–Trinajstić information content (AvgIpc) is 3.74. The van der Waals surface area contributed by atoms with Crippen LogP contribution in [0.5, 0.6) is 0 Å². The van der Waals surface area contributed by atoms with E-state index in [-0.39, 0.29) is 25.7 Å². The van der Waals surface area contributed by atoms with E-state index in [1.807, 2.05) is 0 Å². The standard InChI is InChI=1S/C73H142O17P2/c1-8-11-12-13-14-15-16-23-26-33-42-49-56-72(77)90-69(61-84-71(76)55-48-41-36-35-39-46-53-66(7)10-3)63-88-92(81,82)86-59-67(74)58-85-91(79,80)87-62-68(60-83-70(75)54-47-40-32-29-28-31-38-45-52-65(6)9-2)89-73(78)57-50-43-34-27-24-21-19-17-18-20-22-25-30-37-44-51-64(4)5/h64-69,74H,8-63H2,1-7H3,(H,79,80)(H,81,82)/t65?,66?,67-,68-,69-/m1/s1. The van der Waals surface area contributed by atoms with Crippen molar-refractivity contribution in [2.24, 2.45) is 17.8 Å². The maximum absolute atomic E-state index is 13.1. The fraction of sp³-hybridized carbons (Fsp3) is 0.945. The Hall–Kier alpha value is -1.94. The van der Waals surface area contributed by atoms with Gasteiger partial charge in [0, 0.05) is 25.7 Å². The van der Waals surface area contributed by atoms with Crippen molar-refractivity contribution in [3.8, 4) is 0 Å². The Kier molecular flexibility index (Phi) is 62.4. The van der Waals surface area contributed by atoms with E-state index >= 15 is 0 Å². The van der Waals surface area contributed by atoms with Crippen molar-refractivity contribution in [3.05, 3.63) is 0 Å². The summed E-state index contributed by atoms with van der Waals surface area (Å²) in [6, 6.07) is 0. The molecule has 0 fully saturated rings. The van der Waals surface area contributed by atoms with E-state index < -0.39 is 97.5 Å². The second-order valence-corrected chi connectivity index (χ2v) is 30.2. The van der Waals surface area contributed by atoms with E-state index in [4.69, 9.17) is 37.0 Å². The molecule has 0 bridgehead atoms. The van der Waals surface area contributed by atoms with Crippen LogP contribution >= 0.6 is 15.6 Å². The Labute approximate surface area is 562 Å². The molecule has 0 heterocycles. The van der Waals surface area contributed by atoms with Crippen LogP contribution in [0.4, 0.5) is 0 Å². The molecule has 4 unspecified atom stereocenters. The maximum Gasteiger partial charge on any atom is 0.472 e. The first kappa shape index (κ1) is 90.1. The molecule has 0 aliphatic rings. The number of rotatable bonds is 71. The number of phosphoric acid groups is 2. The van der Waals surface area contributed by atoms with Gasteiger partial charge >= 0.3 is 39.5 Å². The zero-order valence-electron chi connectivity index (χ0n) is 60.0. The third kappa shape index (κ3) is 64.1. The summed E-state index contributed by atoms with van der Waals surface area (Å²) in [5.41, 5.74) is 0. The van der Waals surface area contributed by atoms with Crippen LogP contribution in [-0.4, -0.2) is 96.7 Å². The predicted octanol–water partition coefficient (Wildman–Crippen LogP) is 21.0. The molecule has 0 aliphatic heterocycles. The molecule has 19 heteroatoms. The molecule has 0 aromatic carbocycles. The first-order valence-corrected chi connectivity index (χ1v) is 40.9. The Morgan fingerprint density at radius 3 is 0.826 bits per heavy atom. The minimum atomic E-state index is -4.96. The number of aliphatic hydroxyl groups excluding tert-OH is 1. The van der Waals surface area contributed by atoms with Gasteiger partial charge in [0.15, 0.2) is 12.2 Å². The minimum Gasteiger partial charge on any atom is -0.462 e. The number of hydrogen-bond donors (Lipinski definition) is 3. The van der Waals surface area contributed by atoms with E-state index in [9.17, 15) is 43.2 Å². The molecule has 0 saturated carbocycles. The summed E-state index contributed by atoms with van der Waals surface area (Å²) in [5.74, 6) is 0.189. The van der Waals surface area contributed by atoms with E-state index in [0.717, 1.165) is 114 Å². The van der Waals surface area contributed by atoms with Crippen LogP contribution in [0.15, 0.2) is 0 Å². The van der Waals surface area contributed by atoms with Gasteiger partial charge < -0.3 is 33.8 Å². The average molecular weight is 1350 g/mol. The van der Waals surface area contributed by atoms with Crippen molar-refractivity contribution in [1.29, 1.82) is 0 Å². The van der Waals surface area contributed by atoms with Crippen LogP contribution in [0.1, 0.15) is 370 Å². The van der Waals surface area contributed by atoms with Gasteiger partial charge in [0.05, 0.1) is 26.4 Å².